The molecule has 1 spiro atoms. The lowest BCUT2D eigenvalue weighted by Gasteiger charge is -2.46. The number of allylic oxidation sites excluding steroid dienone is 1. The van der Waals surface area contributed by atoms with Crippen LogP contribution in [0.3, 0.4) is 0 Å². The summed E-state index contributed by atoms with van der Waals surface area (Å²) >= 11 is 0. The molecule has 5 fully saturated rings. The predicted molar refractivity (Wildman–Crippen MR) is 85.2 cm³/mol. The van der Waals surface area contributed by atoms with Crippen LogP contribution in [-0.4, -0.2) is 45.1 Å². The first kappa shape index (κ1) is 15.8. The number of carboxylic acids is 1. The highest BCUT2D eigenvalue weighted by Crippen LogP contribution is 2.77. The molecule has 9 atom stereocenters. The van der Waals surface area contributed by atoms with Crippen molar-refractivity contribution in [1.29, 1.82) is 0 Å². The van der Waals surface area contributed by atoms with Crippen LogP contribution in [0.25, 0.3) is 0 Å². The fourth-order valence-corrected chi connectivity index (χ4v) is 7.74. The molecule has 5 rings (SSSR count). The molecule has 25 heavy (non-hydrogen) atoms. The van der Waals surface area contributed by atoms with E-state index in [4.69, 9.17) is 4.74 Å². The first-order chi connectivity index (χ1) is 11.7. The van der Waals surface area contributed by atoms with Crippen LogP contribution in [0.5, 0.6) is 0 Å². The van der Waals surface area contributed by atoms with Gasteiger partial charge in [-0.25, -0.2) is 0 Å². The third kappa shape index (κ3) is 1.44. The van der Waals surface area contributed by atoms with E-state index in [1.54, 1.807) is 6.92 Å². The van der Waals surface area contributed by atoms with Gasteiger partial charge in [-0.3, -0.25) is 9.59 Å². The van der Waals surface area contributed by atoms with Crippen molar-refractivity contribution in [3.63, 3.8) is 0 Å². The Bertz CT molecular complexity index is 717. The Morgan fingerprint density at radius 2 is 2.04 bits per heavy atom. The van der Waals surface area contributed by atoms with E-state index in [1.165, 1.54) is 0 Å². The highest BCUT2D eigenvalue weighted by Gasteiger charge is 2.84. The lowest BCUT2D eigenvalue weighted by atomic mass is 9.59. The molecule has 6 nitrogen and oxygen atoms in total. The second-order valence-electron chi connectivity index (χ2n) is 9.23. The molecule has 3 N–H and O–H groups in total. The SMILES string of the molecule is C=C1C[C@]23C[C@H]1C[C@H](O)[C@H]2[C@@]12CC[C@H](O)[C@@](C)(C(=O)O1)[C@H]2[C@@H]3C(=O)O. The Morgan fingerprint density at radius 1 is 1.32 bits per heavy atom. The second kappa shape index (κ2) is 4.29. The van der Waals surface area contributed by atoms with E-state index in [1.807, 2.05) is 0 Å². The zero-order valence-electron chi connectivity index (χ0n) is 14.3. The highest BCUT2D eigenvalue weighted by molar-refractivity contribution is 5.85. The first-order valence-corrected chi connectivity index (χ1v) is 9.18. The Hall–Kier alpha value is -1.40. The molecular weight excluding hydrogens is 324 g/mol. The summed E-state index contributed by atoms with van der Waals surface area (Å²) in [5.41, 5.74) is -1.80. The van der Waals surface area contributed by atoms with Gasteiger partial charge in [-0.15, -0.1) is 0 Å². The number of aliphatic hydroxyl groups excluding tert-OH is 2. The minimum atomic E-state index is -1.22. The summed E-state index contributed by atoms with van der Waals surface area (Å²) in [6.07, 6.45) is 1.03. The molecule has 1 aliphatic heterocycles. The van der Waals surface area contributed by atoms with Crippen molar-refractivity contribution in [1.82, 2.24) is 0 Å². The number of rotatable bonds is 1. The molecule has 1 saturated heterocycles. The topological polar surface area (TPSA) is 104 Å². The molecule has 0 amide bonds. The van der Waals surface area contributed by atoms with Crippen molar-refractivity contribution < 1.29 is 29.6 Å². The van der Waals surface area contributed by atoms with Gasteiger partial charge in [-0.1, -0.05) is 12.2 Å². The average Bonchev–Trinajstić information content (AvgIpc) is 2.99. The third-order valence-corrected chi connectivity index (χ3v) is 8.43. The molecule has 6 heteroatoms. The van der Waals surface area contributed by atoms with E-state index >= 15 is 0 Å². The van der Waals surface area contributed by atoms with Crippen LogP contribution in [-0.2, 0) is 14.3 Å². The summed E-state index contributed by atoms with van der Waals surface area (Å²) in [5.74, 6) is -3.11. The number of carboxylic acid groups (broad SMARTS) is 1. The minimum absolute atomic E-state index is 0.136. The number of hydrogen-bond acceptors (Lipinski definition) is 5. The molecule has 4 saturated carbocycles. The number of carbonyl (C=O) groups is 2. The molecule has 136 valence electrons. The summed E-state index contributed by atoms with van der Waals surface area (Å²) in [7, 11) is 0. The van der Waals surface area contributed by atoms with Crippen LogP contribution in [0.1, 0.15) is 39.0 Å². The number of esters is 1. The largest absolute Gasteiger partial charge is 0.481 e. The maximum absolute atomic E-state index is 12.7. The second-order valence-corrected chi connectivity index (χ2v) is 9.23. The quantitative estimate of drug-likeness (QED) is 0.484. The third-order valence-electron chi connectivity index (χ3n) is 8.43. The summed E-state index contributed by atoms with van der Waals surface area (Å²) < 4.78 is 5.92. The van der Waals surface area contributed by atoms with Gasteiger partial charge >= 0.3 is 11.9 Å². The van der Waals surface area contributed by atoms with Gasteiger partial charge in [0.1, 0.15) is 5.60 Å². The Morgan fingerprint density at radius 3 is 2.72 bits per heavy atom. The standard InChI is InChI=1S/C19H24O6/c1-8-6-18-7-9(8)5-10(20)13(18)19-4-3-11(21)17(2,16(24)25-19)14(19)12(18)15(22)23/h9-14,20-21H,1,3-7H2,2H3,(H,22,23)/t9-,10+,11+,12-,13-,14-,17-,18-,19-/m1/s1. The number of aliphatic carboxylic acids is 1. The predicted octanol–water partition coefficient (Wildman–Crippen LogP) is 1.11. The highest BCUT2D eigenvalue weighted by atomic mass is 16.6. The molecule has 0 aromatic rings. The van der Waals surface area contributed by atoms with Crippen molar-refractivity contribution in [3.05, 3.63) is 12.2 Å². The Labute approximate surface area is 145 Å². The zero-order chi connectivity index (χ0) is 17.9. The van der Waals surface area contributed by atoms with Gasteiger partial charge in [-0.05, 0) is 50.4 Å². The fourth-order valence-electron chi connectivity index (χ4n) is 7.74. The van der Waals surface area contributed by atoms with Crippen molar-refractivity contribution in [2.75, 3.05) is 0 Å². The maximum Gasteiger partial charge on any atom is 0.315 e. The van der Waals surface area contributed by atoms with Crippen LogP contribution in [0.4, 0.5) is 0 Å². The summed E-state index contributed by atoms with van der Waals surface area (Å²) in [6, 6.07) is 0. The summed E-state index contributed by atoms with van der Waals surface area (Å²) in [4.78, 5) is 25.2. The van der Waals surface area contributed by atoms with E-state index in [2.05, 4.69) is 6.58 Å². The average molecular weight is 348 g/mol. The van der Waals surface area contributed by atoms with Crippen molar-refractivity contribution in [2.45, 2.75) is 56.8 Å². The monoisotopic (exact) mass is 348 g/mol. The van der Waals surface area contributed by atoms with E-state index in [9.17, 15) is 24.9 Å². The van der Waals surface area contributed by atoms with Crippen LogP contribution in [0, 0.1) is 34.5 Å². The molecule has 1 heterocycles. The zero-order valence-corrected chi connectivity index (χ0v) is 14.3. The Kier molecular flexibility index (Phi) is 2.71. The van der Waals surface area contributed by atoms with E-state index < -0.39 is 52.4 Å². The number of carbonyl (C=O) groups excluding carboxylic acids is 1. The number of fused-ring (bicyclic) bond motifs is 1. The lowest BCUT2D eigenvalue weighted by molar-refractivity contribution is -0.169. The summed E-state index contributed by atoms with van der Waals surface area (Å²) in [5, 5.41) is 31.8. The molecule has 5 aliphatic rings. The van der Waals surface area contributed by atoms with E-state index in [0.29, 0.717) is 32.1 Å². The molecule has 0 aromatic heterocycles. The first-order valence-electron chi connectivity index (χ1n) is 9.18. The van der Waals surface area contributed by atoms with E-state index in [0.717, 1.165) is 5.57 Å². The van der Waals surface area contributed by atoms with E-state index in [-0.39, 0.29) is 11.8 Å². The maximum atomic E-state index is 12.7. The number of ether oxygens (including phenoxy) is 1. The number of hydrogen-bond donors (Lipinski definition) is 3. The van der Waals surface area contributed by atoms with Crippen LogP contribution in [0.2, 0.25) is 0 Å². The smallest absolute Gasteiger partial charge is 0.315 e. The normalized spacial score (nSPS) is 58.7. The molecule has 4 aliphatic carbocycles. The number of aliphatic hydroxyl groups is 2. The van der Waals surface area contributed by atoms with Crippen LogP contribution < -0.4 is 0 Å². The van der Waals surface area contributed by atoms with Gasteiger partial charge in [0.05, 0.1) is 23.5 Å². The molecule has 4 bridgehead atoms. The summed E-state index contributed by atoms with van der Waals surface area (Å²) in [6.45, 7) is 5.80. The molecule has 0 aromatic carbocycles. The Balaban J connectivity index is 1.78. The van der Waals surface area contributed by atoms with Crippen molar-refractivity contribution in [2.24, 2.45) is 34.5 Å². The molecule has 0 unspecified atom stereocenters. The van der Waals surface area contributed by atoms with Gasteiger partial charge in [0.25, 0.3) is 0 Å². The molecular formula is C19H24O6. The van der Waals surface area contributed by atoms with Gasteiger partial charge < -0.3 is 20.1 Å². The van der Waals surface area contributed by atoms with Gasteiger partial charge in [0.15, 0.2) is 0 Å². The fraction of sp³-hybridized carbons (Fsp3) is 0.789. The lowest BCUT2D eigenvalue weighted by Crippen LogP contribution is -2.54. The van der Waals surface area contributed by atoms with Crippen molar-refractivity contribution in [3.8, 4) is 0 Å². The molecule has 0 radical (unpaired) electrons. The van der Waals surface area contributed by atoms with Gasteiger partial charge in [0.2, 0.25) is 0 Å². The van der Waals surface area contributed by atoms with Crippen molar-refractivity contribution >= 4 is 11.9 Å². The minimum Gasteiger partial charge on any atom is -0.481 e. The van der Waals surface area contributed by atoms with Gasteiger partial charge in [-0.2, -0.15) is 0 Å². The van der Waals surface area contributed by atoms with Crippen LogP contribution >= 0.6 is 0 Å². The van der Waals surface area contributed by atoms with Gasteiger partial charge in [0, 0.05) is 11.8 Å². The van der Waals surface area contributed by atoms with Crippen LogP contribution in [0.15, 0.2) is 12.2 Å².